The smallest absolute Gasteiger partial charge is 0.265 e. The van der Waals surface area contributed by atoms with Crippen LogP contribution in [0.15, 0.2) is 36.4 Å². The van der Waals surface area contributed by atoms with Crippen molar-refractivity contribution in [2.24, 2.45) is 5.92 Å². The average molecular weight is 477 g/mol. The van der Waals surface area contributed by atoms with Gasteiger partial charge in [0.15, 0.2) is 0 Å². The Morgan fingerprint density at radius 2 is 1.88 bits per heavy atom. The lowest BCUT2D eigenvalue weighted by Crippen LogP contribution is -2.46. The predicted octanol–water partition coefficient (Wildman–Crippen LogP) is 5.34. The molecule has 1 atom stereocenters. The van der Waals surface area contributed by atoms with Gasteiger partial charge in [-0.25, -0.2) is 13.2 Å². The van der Waals surface area contributed by atoms with Crippen LogP contribution in [0.1, 0.15) is 51.5 Å². The van der Waals surface area contributed by atoms with Gasteiger partial charge >= 0.3 is 0 Å². The summed E-state index contributed by atoms with van der Waals surface area (Å²) in [6.07, 6.45) is 8.23. The van der Waals surface area contributed by atoms with Crippen LogP contribution in [0.25, 0.3) is 5.57 Å². The Labute approximate surface area is 200 Å². The molecule has 4 nitrogen and oxygen atoms in total. The van der Waals surface area contributed by atoms with Gasteiger partial charge in [0.2, 0.25) is 5.67 Å². The lowest BCUT2D eigenvalue weighted by Gasteiger charge is -2.34. The van der Waals surface area contributed by atoms with Crippen LogP contribution in [0.4, 0.5) is 13.2 Å². The highest BCUT2D eigenvalue weighted by molar-refractivity contribution is 6.00. The minimum Gasteiger partial charge on any atom is -0.493 e. The molecule has 0 spiro atoms. The minimum atomic E-state index is -2.26. The van der Waals surface area contributed by atoms with Crippen LogP contribution in [0, 0.1) is 11.7 Å². The number of amides is 1. The second kappa shape index (κ2) is 10.1. The van der Waals surface area contributed by atoms with Crippen molar-refractivity contribution in [3.8, 4) is 5.75 Å². The van der Waals surface area contributed by atoms with E-state index in [1.54, 1.807) is 37.0 Å². The zero-order valence-electron chi connectivity index (χ0n) is 20.2. The van der Waals surface area contributed by atoms with E-state index in [0.29, 0.717) is 37.9 Å². The van der Waals surface area contributed by atoms with Crippen LogP contribution in [0.2, 0.25) is 0 Å². The molecule has 0 radical (unpaired) electrons. The monoisotopic (exact) mass is 476 g/mol. The molecule has 2 fully saturated rings. The summed E-state index contributed by atoms with van der Waals surface area (Å²) in [6, 6.07) is 4.42. The van der Waals surface area contributed by atoms with Gasteiger partial charge in [0.1, 0.15) is 17.2 Å². The Hall–Kier alpha value is -2.28. The molecule has 3 aliphatic rings. The van der Waals surface area contributed by atoms with Crippen LogP contribution in [-0.2, 0) is 4.79 Å². The molecule has 0 aromatic heterocycles. The van der Waals surface area contributed by atoms with E-state index < -0.39 is 23.1 Å². The van der Waals surface area contributed by atoms with Crippen LogP contribution >= 0.6 is 0 Å². The van der Waals surface area contributed by atoms with E-state index in [9.17, 15) is 9.18 Å². The molecule has 0 saturated carbocycles. The average Bonchev–Trinajstić information content (AvgIpc) is 3.33. The minimum absolute atomic E-state index is 0.0686. The Kier molecular flexibility index (Phi) is 7.41. The van der Waals surface area contributed by atoms with Gasteiger partial charge in [0.25, 0.3) is 5.91 Å². The van der Waals surface area contributed by atoms with Crippen LogP contribution < -0.4 is 4.74 Å². The number of alkyl halides is 2. The summed E-state index contributed by atoms with van der Waals surface area (Å²) in [5, 5.41) is 0. The Bertz CT molecular complexity index is 942. The molecule has 7 heteroatoms. The van der Waals surface area contributed by atoms with Gasteiger partial charge in [0.05, 0.1) is 6.61 Å². The molecular formula is C27H35F3N2O2. The van der Waals surface area contributed by atoms with E-state index in [-0.39, 0.29) is 17.6 Å². The van der Waals surface area contributed by atoms with Crippen molar-refractivity contribution in [2.45, 2.75) is 57.3 Å². The number of carbonyl (C=O) groups excluding carboxylic acids is 1. The van der Waals surface area contributed by atoms with Crippen LogP contribution in [0.3, 0.4) is 0 Å². The lowest BCUT2D eigenvalue weighted by molar-refractivity contribution is -0.139. The maximum absolute atomic E-state index is 16.0. The van der Waals surface area contributed by atoms with E-state index in [1.165, 1.54) is 18.2 Å². The van der Waals surface area contributed by atoms with E-state index in [4.69, 9.17) is 4.74 Å². The van der Waals surface area contributed by atoms with Gasteiger partial charge in [-0.05, 0) is 70.7 Å². The number of piperidine rings is 1. The van der Waals surface area contributed by atoms with Gasteiger partial charge in [0, 0.05) is 43.3 Å². The van der Waals surface area contributed by atoms with Gasteiger partial charge in [-0.15, -0.1) is 0 Å². The van der Waals surface area contributed by atoms with Crippen molar-refractivity contribution >= 4 is 11.5 Å². The van der Waals surface area contributed by atoms with E-state index in [2.05, 4.69) is 4.90 Å². The molecule has 4 rings (SSSR count). The SMILES string of the molecule is CC(C)(F)CN1CCC(COc2ccc(C3=CC=CC[C@@]3(F)C(=O)N3CCCC3)c(F)c2)CC1. The molecule has 1 aromatic rings. The third-order valence-corrected chi connectivity index (χ3v) is 6.98. The zero-order valence-corrected chi connectivity index (χ0v) is 20.2. The number of likely N-dealkylation sites (tertiary alicyclic amines) is 2. The van der Waals surface area contributed by atoms with Gasteiger partial charge in [-0.2, -0.15) is 0 Å². The number of hydrogen-bond donors (Lipinski definition) is 0. The van der Waals surface area contributed by atoms with Gasteiger partial charge < -0.3 is 14.5 Å². The fraction of sp³-hybridized carbons (Fsp3) is 0.593. The Morgan fingerprint density at radius 1 is 1.18 bits per heavy atom. The molecule has 0 N–H and O–H groups in total. The summed E-state index contributed by atoms with van der Waals surface area (Å²) in [6.45, 7) is 6.79. The fourth-order valence-electron chi connectivity index (χ4n) is 5.17. The molecule has 0 unspecified atom stereocenters. The summed E-state index contributed by atoms with van der Waals surface area (Å²) < 4.78 is 50.9. The maximum Gasteiger partial charge on any atom is 0.265 e. The van der Waals surface area contributed by atoms with Crippen molar-refractivity contribution in [1.29, 1.82) is 0 Å². The van der Waals surface area contributed by atoms with Crippen molar-refractivity contribution in [3.63, 3.8) is 0 Å². The van der Waals surface area contributed by atoms with Crippen molar-refractivity contribution in [3.05, 3.63) is 47.8 Å². The quantitative estimate of drug-likeness (QED) is 0.533. The Balaban J connectivity index is 1.38. The molecule has 1 aromatic carbocycles. The van der Waals surface area contributed by atoms with E-state index in [0.717, 1.165) is 38.8 Å². The summed E-state index contributed by atoms with van der Waals surface area (Å²) in [7, 11) is 0. The number of halogens is 3. The second-order valence-corrected chi connectivity index (χ2v) is 10.4. The molecule has 1 aliphatic carbocycles. The standard InChI is InChI=1S/C27H35F3N2O2/c1-26(2,29)19-31-15-10-20(11-16-31)18-34-21-8-9-22(24(28)17-21)23-7-3-4-12-27(23,30)25(33)32-13-5-6-14-32/h3-4,7-9,17,20H,5-6,10-16,18-19H2,1-2H3/t27-/m0/s1. The van der Waals surface area contributed by atoms with E-state index >= 15 is 8.78 Å². The molecule has 0 bridgehead atoms. The third-order valence-electron chi connectivity index (χ3n) is 6.98. The van der Waals surface area contributed by atoms with Crippen molar-refractivity contribution in [2.75, 3.05) is 39.3 Å². The lowest BCUT2D eigenvalue weighted by atomic mass is 9.82. The number of ether oxygens (including phenoxy) is 1. The number of carbonyl (C=O) groups is 1. The molecule has 186 valence electrons. The number of nitrogens with zero attached hydrogens (tertiary/aromatic N) is 2. The molecule has 2 aliphatic heterocycles. The molecule has 1 amide bonds. The van der Waals surface area contributed by atoms with Gasteiger partial charge in [-0.1, -0.05) is 18.2 Å². The number of hydrogen-bond acceptors (Lipinski definition) is 3. The normalized spacial score (nSPS) is 24.4. The highest BCUT2D eigenvalue weighted by Crippen LogP contribution is 2.40. The summed E-state index contributed by atoms with van der Waals surface area (Å²) in [4.78, 5) is 16.6. The largest absolute Gasteiger partial charge is 0.493 e. The first-order valence-electron chi connectivity index (χ1n) is 12.4. The first kappa shape index (κ1) is 24.8. The highest BCUT2D eigenvalue weighted by Gasteiger charge is 2.46. The number of rotatable bonds is 7. The van der Waals surface area contributed by atoms with Gasteiger partial charge in [-0.3, -0.25) is 4.79 Å². The van der Waals surface area contributed by atoms with Crippen molar-refractivity contribution in [1.82, 2.24) is 9.80 Å². The second-order valence-electron chi connectivity index (χ2n) is 10.4. The molecule has 34 heavy (non-hydrogen) atoms. The number of allylic oxidation sites excluding steroid dienone is 3. The van der Waals surface area contributed by atoms with Crippen molar-refractivity contribution < 1.29 is 22.7 Å². The topological polar surface area (TPSA) is 32.8 Å². The number of benzene rings is 1. The first-order chi connectivity index (χ1) is 16.2. The Morgan fingerprint density at radius 3 is 2.53 bits per heavy atom. The van der Waals surface area contributed by atoms with Crippen LogP contribution in [0.5, 0.6) is 5.75 Å². The summed E-state index contributed by atoms with van der Waals surface area (Å²) >= 11 is 0. The maximum atomic E-state index is 16.0. The predicted molar refractivity (Wildman–Crippen MR) is 128 cm³/mol. The van der Waals surface area contributed by atoms with Crippen LogP contribution in [-0.4, -0.2) is 66.4 Å². The third kappa shape index (κ3) is 5.68. The molecule has 2 heterocycles. The van der Waals surface area contributed by atoms with E-state index in [1.807, 2.05) is 0 Å². The molecular weight excluding hydrogens is 441 g/mol. The summed E-state index contributed by atoms with van der Waals surface area (Å²) in [5.41, 5.74) is -3.31. The highest BCUT2D eigenvalue weighted by atomic mass is 19.1. The first-order valence-corrected chi connectivity index (χ1v) is 12.4. The fourth-order valence-corrected chi connectivity index (χ4v) is 5.17. The molecule has 2 saturated heterocycles. The summed E-state index contributed by atoms with van der Waals surface area (Å²) in [5.74, 6) is -0.474. The zero-order chi connectivity index (χ0) is 24.3.